The van der Waals surface area contributed by atoms with Crippen LogP contribution in [0.25, 0.3) is 5.65 Å². The van der Waals surface area contributed by atoms with Gasteiger partial charge in [0.2, 0.25) is 0 Å². The maximum Gasteiger partial charge on any atom is 0.350 e. The molecule has 9 heteroatoms. The lowest BCUT2D eigenvalue weighted by molar-refractivity contribution is -0.385. The van der Waals surface area contributed by atoms with E-state index in [0.717, 1.165) is 0 Å². The van der Waals surface area contributed by atoms with Crippen molar-refractivity contribution in [3.05, 3.63) is 57.4 Å². The Morgan fingerprint density at radius 1 is 1.30 bits per heavy atom. The van der Waals surface area contributed by atoms with Crippen LogP contribution in [0.4, 0.5) is 5.69 Å². The van der Waals surface area contributed by atoms with Crippen molar-refractivity contribution < 1.29 is 4.92 Å². The molecule has 3 heterocycles. The second-order valence-electron chi connectivity index (χ2n) is 4.15. The fourth-order valence-corrected chi connectivity index (χ4v) is 1.88. The summed E-state index contributed by atoms with van der Waals surface area (Å²) in [6, 6.07) is 5.27. The van der Waals surface area contributed by atoms with E-state index >= 15 is 0 Å². The van der Waals surface area contributed by atoms with E-state index in [1.807, 2.05) is 0 Å². The minimum absolute atomic E-state index is 0.0765. The van der Waals surface area contributed by atoms with E-state index in [9.17, 15) is 14.9 Å². The third kappa shape index (κ3) is 2.05. The highest BCUT2D eigenvalue weighted by Crippen LogP contribution is 2.07. The normalized spacial score (nSPS) is 11.0. The van der Waals surface area contributed by atoms with Gasteiger partial charge in [-0.3, -0.25) is 19.2 Å². The summed E-state index contributed by atoms with van der Waals surface area (Å²) < 4.78 is 4.16. The second-order valence-corrected chi connectivity index (χ2v) is 4.15. The van der Waals surface area contributed by atoms with E-state index < -0.39 is 4.92 Å². The van der Waals surface area contributed by atoms with Crippen LogP contribution in [0.3, 0.4) is 0 Å². The molecule has 0 spiro atoms. The SMILES string of the molecule is O=c1n(CCn2cc([N+](=O)[O-])cn2)nc2ccccn12. The number of aromatic nitrogens is 5. The summed E-state index contributed by atoms with van der Waals surface area (Å²) in [6.45, 7) is 0.622. The molecular weight excluding hydrogens is 264 g/mol. The number of aryl methyl sites for hydroxylation is 2. The van der Waals surface area contributed by atoms with Crippen molar-refractivity contribution in [3.8, 4) is 0 Å². The van der Waals surface area contributed by atoms with Crippen molar-refractivity contribution in [3.63, 3.8) is 0 Å². The van der Waals surface area contributed by atoms with Crippen molar-refractivity contribution in [2.45, 2.75) is 13.1 Å². The number of hydrogen-bond donors (Lipinski definition) is 0. The van der Waals surface area contributed by atoms with Crippen LogP contribution in [0.2, 0.25) is 0 Å². The molecule has 0 atom stereocenters. The van der Waals surface area contributed by atoms with E-state index in [1.165, 1.54) is 26.2 Å². The summed E-state index contributed by atoms with van der Waals surface area (Å²) in [5, 5.41) is 18.6. The maximum absolute atomic E-state index is 12.0. The number of hydrogen-bond acceptors (Lipinski definition) is 5. The Hall–Kier alpha value is -2.97. The number of pyridine rings is 1. The van der Waals surface area contributed by atoms with Crippen molar-refractivity contribution in [2.75, 3.05) is 0 Å². The zero-order chi connectivity index (χ0) is 14.1. The van der Waals surface area contributed by atoms with Crippen LogP contribution < -0.4 is 5.69 Å². The topological polar surface area (TPSA) is 100 Å². The Morgan fingerprint density at radius 3 is 2.85 bits per heavy atom. The molecule has 0 aliphatic carbocycles. The summed E-state index contributed by atoms with van der Waals surface area (Å²) in [7, 11) is 0. The molecule has 102 valence electrons. The molecule has 0 saturated heterocycles. The van der Waals surface area contributed by atoms with Crippen LogP contribution in [0, 0.1) is 10.1 Å². The Labute approximate surface area is 111 Å². The third-order valence-corrected chi connectivity index (χ3v) is 2.86. The van der Waals surface area contributed by atoms with E-state index in [2.05, 4.69) is 10.2 Å². The highest BCUT2D eigenvalue weighted by molar-refractivity contribution is 5.35. The first-order valence-corrected chi connectivity index (χ1v) is 5.86. The fourth-order valence-electron chi connectivity index (χ4n) is 1.88. The molecule has 9 nitrogen and oxygen atoms in total. The molecule has 3 aromatic rings. The molecule has 0 aliphatic rings. The van der Waals surface area contributed by atoms with Crippen molar-refractivity contribution in [1.29, 1.82) is 0 Å². The molecule has 0 radical (unpaired) electrons. The van der Waals surface area contributed by atoms with Gasteiger partial charge >= 0.3 is 11.4 Å². The van der Waals surface area contributed by atoms with Gasteiger partial charge in [0, 0.05) is 6.20 Å². The molecule has 3 aromatic heterocycles. The monoisotopic (exact) mass is 274 g/mol. The largest absolute Gasteiger partial charge is 0.350 e. The summed E-state index contributed by atoms with van der Waals surface area (Å²) >= 11 is 0. The van der Waals surface area contributed by atoms with Gasteiger partial charge in [-0.2, -0.15) is 5.10 Å². The van der Waals surface area contributed by atoms with Crippen molar-refractivity contribution in [1.82, 2.24) is 24.0 Å². The van der Waals surface area contributed by atoms with Crippen LogP contribution in [-0.2, 0) is 13.1 Å². The van der Waals surface area contributed by atoms with Gasteiger partial charge in [0.25, 0.3) is 0 Å². The standard InChI is InChI=1S/C11H10N6O3/c18-11-15-4-2-1-3-10(15)13-16(11)6-5-14-8-9(7-12-14)17(19)20/h1-4,7-8H,5-6H2. The minimum atomic E-state index is -0.513. The van der Waals surface area contributed by atoms with Crippen molar-refractivity contribution in [2.24, 2.45) is 0 Å². The average Bonchev–Trinajstić information content (AvgIpc) is 3.03. The zero-order valence-corrected chi connectivity index (χ0v) is 10.3. The van der Waals surface area contributed by atoms with Gasteiger partial charge in [0.05, 0.1) is 18.0 Å². The van der Waals surface area contributed by atoms with E-state index in [1.54, 1.807) is 24.4 Å². The Bertz CT molecular complexity index is 830. The van der Waals surface area contributed by atoms with Gasteiger partial charge < -0.3 is 0 Å². The molecule has 0 bridgehead atoms. The molecule has 0 amide bonds. The van der Waals surface area contributed by atoms with Gasteiger partial charge in [-0.1, -0.05) is 6.07 Å². The van der Waals surface area contributed by atoms with Gasteiger partial charge in [-0.05, 0) is 12.1 Å². The van der Waals surface area contributed by atoms with Gasteiger partial charge in [-0.25, -0.2) is 9.48 Å². The van der Waals surface area contributed by atoms with Crippen molar-refractivity contribution >= 4 is 11.3 Å². The predicted molar refractivity (Wildman–Crippen MR) is 68.3 cm³/mol. The molecule has 3 rings (SSSR count). The first-order valence-electron chi connectivity index (χ1n) is 5.86. The lowest BCUT2D eigenvalue weighted by atomic mass is 10.5. The van der Waals surface area contributed by atoms with Gasteiger partial charge in [0.15, 0.2) is 5.65 Å². The Balaban J connectivity index is 1.81. The number of nitrogens with zero attached hydrogens (tertiary/aromatic N) is 6. The van der Waals surface area contributed by atoms with Gasteiger partial charge in [-0.15, -0.1) is 5.10 Å². The Kier molecular flexibility index (Phi) is 2.78. The highest BCUT2D eigenvalue weighted by atomic mass is 16.6. The first-order chi connectivity index (χ1) is 9.65. The molecular formula is C11H10N6O3. The lowest BCUT2D eigenvalue weighted by Crippen LogP contribution is -2.23. The van der Waals surface area contributed by atoms with Crippen LogP contribution in [0.15, 0.2) is 41.6 Å². The summed E-state index contributed by atoms with van der Waals surface area (Å²) in [4.78, 5) is 22.0. The number of fused-ring (bicyclic) bond motifs is 1. The Morgan fingerprint density at radius 2 is 2.15 bits per heavy atom. The molecule has 20 heavy (non-hydrogen) atoms. The van der Waals surface area contributed by atoms with Crippen LogP contribution in [-0.4, -0.2) is 28.9 Å². The number of nitro groups is 1. The average molecular weight is 274 g/mol. The molecule has 0 saturated carbocycles. The third-order valence-electron chi connectivity index (χ3n) is 2.86. The van der Waals surface area contributed by atoms with Gasteiger partial charge in [0.1, 0.15) is 12.4 Å². The van der Waals surface area contributed by atoms with Crippen LogP contribution in [0.5, 0.6) is 0 Å². The molecule has 0 aromatic carbocycles. The molecule has 0 fully saturated rings. The smallest absolute Gasteiger partial charge is 0.264 e. The fraction of sp³-hybridized carbons (Fsp3) is 0.182. The predicted octanol–water partition coefficient (Wildman–Crippen LogP) is 0.301. The first kappa shape index (κ1) is 12.1. The van der Waals surface area contributed by atoms with E-state index in [0.29, 0.717) is 18.7 Å². The van der Waals surface area contributed by atoms with E-state index in [4.69, 9.17) is 0 Å². The second kappa shape index (κ2) is 4.61. The van der Waals surface area contributed by atoms with Crippen LogP contribution in [0.1, 0.15) is 0 Å². The highest BCUT2D eigenvalue weighted by Gasteiger charge is 2.10. The van der Waals surface area contributed by atoms with Crippen LogP contribution >= 0.6 is 0 Å². The molecule has 0 N–H and O–H groups in total. The number of rotatable bonds is 4. The molecule has 0 unspecified atom stereocenters. The summed E-state index contributed by atoms with van der Waals surface area (Å²) in [6.07, 6.45) is 4.13. The summed E-state index contributed by atoms with van der Waals surface area (Å²) in [5.41, 5.74) is 0.235. The zero-order valence-electron chi connectivity index (χ0n) is 10.3. The van der Waals surface area contributed by atoms with E-state index in [-0.39, 0.29) is 11.4 Å². The quantitative estimate of drug-likeness (QED) is 0.503. The minimum Gasteiger partial charge on any atom is -0.264 e. The lowest BCUT2D eigenvalue weighted by Gasteiger charge is -1.99. The molecule has 0 aliphatic heterocycles. The summed E-state index contributed by atoms with van der Waals surface area (Å²) in [5.74, 6) is 0. The maximum atomic E-state index is 12.0.